The van der Waals surface area contributed by atoms with Crippen LogP contribution in [0.25, 0.3) is 6.20 Å². The Bertz CT molecular complexity index is 4050. The molecule has 96 heavy (non-hydrogen) atoms. The van der Waals surface area contributed by atoms with Crippen LogP contribution in [0.15, 0.2) is 95.0 Å². The van der Waals surface area contributed by atoms with Crippen LogP contribution in [0.1, 0.15) is 92.1 Å². The summed E-state index contributed by atoms with van der Waals surface area (Å²) < 4.78 is 28.1. The molecular formula is C64H102N8O20P4. The SMILES string of the molecule is C=CCCn1cc([C@@H]2O[C@H](CCP(=C)(C)C)[C@@H](O)[C@H]2O)c(=O)[nH]c1=O.C=CCn1cc([C@@H]2O[C@H](CCP(=C)(C)C)[C@@H](O)[C@H]2O)c(=O)[nH]c1=O.C=Cn1cc([C@@H]2O[C@H](CCP(=C)(C)C)[C@@H](O)[C@H]2O)c(=O)[nH]c1=O.C=P(C)(C)CC[C@H]1O[C@@H](c2cn(CCC)c(=O)[nH]c2=O)[C@H](O)[C@@H]1O. The van der Waals surface area contributed by atoms with E-state index in [0.29, 0.717) is 45.2 Å². The lowest BCUT2D eigenvalue weighted by atomic mass is 10.0. The van der Waals surface area contributed by atoms with E-state index >= 15 is 0 Å². The molecule has 0 unspecified atom stereocenters. The van der Waals surface area contributed by atoms with Crippen molar-refractivity contribution in [3.05, 3.63) is 162 Å². The fourth-order valence-corrected chi connectivity index (χ4v) is 14.8. The van der Waals surface area contributed by atoms with E-state index in [1.54, 1.807) is 6.08 Å². The second-order valence-electron chi connectivity index (χ2n) is 27.5. The number of aromatic nitrogens is 8. The molecule has 538 valence electrons. The van der Waals surface area contributed by atoms with Crippen LogP contribution in [0, 0.1) is 0 Å². The Morgan fingerprint density at radius 2 is 0.677 bits per heavy atom. The Morgan fingerprint density at radius 3 is 0.948 bits per heavy atom. The van der Waals surface area contributed by atoms with Crippen LogP contribution in [0.5, 0.6) is 0 Å². The van der Waals surface area contributed by atoms with Crippen LogP contribution >= 0.6 is 27.5 Å². The summed E-state index contributed by atoms with van der Waals surface area (Å²) in [5.74, 6) is 0. The Labute approximate surface area is 557 Å². The number of aliphatic hydroxyl groups excluding tert-OH is 8. The van der Waals surface area contributed by atoms with Gasteiger partial charge in [0.15, 0.2) is 0 Å². The lowest BCUT2D eigenvalue weighted by molar-refractivity contribution is 0.00493. The molecule has 4 aliphatic rings. The summed E-state index contributed by atoms with van der Waals surface area (Å²) in [7, 11) is 0. The molecule has 8 rings (SSSR count). The molecule has 0 radical (unpaired) electrons. The molecule has 0 amide bonds. The highest BCUT2D eigenvalue weighted by Crippen LogP contribution is 2.44. The monoisotopic (exact) mass is 1430 g/mol. The predicted molar refractivity (Wildman–Crippen MR) is 387 cm³/mol. The summed E-state index contributed by atoms with van der Waals surface area (Å²) in [6.45, 7) is 25.1. The van der Waals surface area contributed by atoms with Gasteiger partial charge in [-0.2, -0.15) is 0 Å². The first-order chi connectivity index (χ1) is 44.5. The third-order valence-corrected chi connectivity index (χ3v) is 22.3. The standard InChI is InChI=1S/C17H27N2O5P.C16H27N2O5P.C16H25N2O5P.C15H23N2O5P/c1-5-6-8-19-10-11(16(22)18-17(19)23)15-14(21)13(20)12(24-15)7-9-25(2,3)4;2*1-5-7-18-9-10(15(21)17-16(18)22)14-13(20)12(19)11(23-14)6-8-24(2,3)4;1-5-17-8-9(14(20)16-15(17)21)13-12(19)11(18)10(22-13)6-7-23(2,3)4/h5,10,12-15,20-21H,1-2,6-9H2,3-4H3,(H,18,22,23);9,11-14,19-20H,2,5-8H2,1,3-4H3,(H,17,21,22);5,9,11-14,19-20H,1-2,6-8H2,3-4H3,(H,17,21,22);5,8,10-13,18-19H,1-2,6-7H2,3-4H3,(H,16,20,21)/t12-,13-,14-,15+;2*11-,12-,13-,14+;10-,11-,12-,13+/m1111/s1. The Hall–Kier alpha value is -5.34. The molecule has 4 aromatic rings. The highest BCUT2D eigenvalue weighted by molar-refractivity contribution is 7.73. The molecule has 0 spiro atoms. The molecule has 0 bridgehead atoms. The largest absolute Gasteiger partial charge is 0.388 e. The minimum absolute atomic E-state index is 0.0854. The number of aliphatic hydroxyl groups is 8. The molecular weight excluding hydrogens is 1320 g/mol. The molecule has 0 aromatic carbocycles. The molecule has 28 nitrogen and oxygen atoms in total. The minimum Gasteiger partial charge on any atom is -0.388 e. The first-order valence-corrected chi connectivity index (χ1v) is 43.7. The van der Waals surface area contributed by atoms with Crippen molar-refractivity contribution in [1.29, 1.82) is 0 Å². The summed E-state index contributed by atoms with van der Waals surface area (Å²) in [6, 6.07) is 0. The quantitative estimate of drug-likeness (QED) is 0.0335. The van der Waals surface area contributed by atoms with Gasteiger partial charge in [-0.05, 0) is 116 Å². The first kappa shape index (κ1) is 81.3. The Kier molecular flexibility index (Phi) is 29.3. The fraction of sp³-hybridized carbons (Fsp3) is 0.594. The molecule has 0 saturated carbocycles. The highest BCUT2D eigenvalue weighted by atomic mass is 31.2. The van der Waals surface area contributed by atoms with E-state index in [0.717, 1.165) is 35.6 Å². The summed E-state index contributed by atoms with van der Waals surface area (Å²) in [5, 5.41) is 82.0. The maximum absolute atomic E-state index is 12.2. The summed E-state index contributed by atoms with van der Waals surface area (Å²) in [6.07, 6.45) is 17.8. The van der Waals surface area contributed by atoms with Crippen LogP contribution < -0.4 is 45.0 Å². The lowest BCUT2D eigenvalue weighted by Crippen LogP contribution is -2.35. The number of H-pyrrole nitrogens is 4. The van der Waals surface area contributed by atoms with Crippen molar-refractivity contribution in [3.8, 4) is 0 Å². The average Bonchev–Trinajstić information content (AvgIpc) is 1.61. The van der Waals surface area contributed by atoms with E-state index in [9.17, 15) is 79.2 Å². The van der Waals surface area contributed by atoms with Gasteiger partial charge in [-0.25, -0.2) is 19.2 Å². The zero-order valence-electron chi connectivity index (χ0n) is 56.5. The zero-order valence-corrected chi connectivity index (χ0v) is 60.1. The predicted octanol–water partition coefficient (Wildman–Crippen LogP) is 0.463. The van der Waals surface area contributed by atoms with Gasteiger partial charge in [-0.3, -0.25) is 52.8 Å². The fourth-order valence-electron chi connectivity index (χ4n) is 11.0. The van der Waals surface area contributed by atoms with Crippen molar-refractivity contribution < 1.29 is 59.8 Å². The van der Waals surface area contributed by atoms with E-state index in [4.69, 9.17) is 18.9 Å². The normalized spacial score (nSPS) is 27.4. The minimum atomic E-state index is -1.29. The first-order valence-electron chi connectivity index (χ1n) is 31.5. The van der Waals surface area contributed by atoms with Crippen LogP contribution in [-0.4, -0.2) is 255 Å². The molecule has 0 aliphatic carbocycles. The van der Waals surface area contributed by atoms with Crippen LogP contribution in [0.4, 0.5) is 0 Å². The van der Waals surface area contributed by atoms with Crippen molar-refractivity contribution in [2.75, 3.05) is 78.0 Å². The number of ether oxygens (including phenoxy) is 4. The number of aromatic amines is 4. The van der Waals surface area contributed by atoms with E-state index in [2.05, 4.69) is 118 Å². The van der Waals surface area contributed by atoms with Crippen molar-refractivity contribution in [1.82, 2.24) is 38.2 Å². The lowest BCUT2D eigenvalue weighted by Gasteiger charge is -2.18. The van der Waals surface area contributed by atoms with Gasteiger partial charge in [0.2, 0.25) is 0 Å². The summed E-state index contributed by atoms with van der Waals surface area (Å²) in [5.41, 5.74) is -4.15. The molecule has 4 fully saturated rings. The van der Waals surface area contributed by atoms with Gasteiger partial charge in [0, 0.05) is 50.6 Å². The smallest absolute Gasteiger partial charge is 0.332 e. The third-order valence-electron chi connectivity index (χ3n) is 16.4. The molecule has 4 aromatic heterocycles. The summed E-state index contributed by atoms with van der Waals surface area (Å²) in [4.78, 5) is 104. The van der Waals surface area contributed by atoms with Crippen LogP contribution in [-0.2, 0) is 38.6 Å². The number of nitrogens with zero attached hydrogens (tertiary/aromatic N) is 4. The Balaban J connectivity index is 0.000000232. The number of hydrogen-bond donors (Lipinski definition) is 12. The summed E-state index contributed by atoms with van der Waals surface area (Å²) >= 11 is 0. The number of allylic oxidation sites excluding steroid dienone is 2. The van der Waals surface area contributed by atoms with E-state index < -0.39 is 170 Å². The molecule has 4 saturated heterocycles. The van der Waals surface area contributed by atoms with Gasteiger partial charge >= 0.3 is 22.8 Å². The van der Waals surface area contributed by atoms with E-state index in [1.165, 1.54) is 50.8 Å². The van der Waals surface area contributed by atoms with Gasteiger partial charge in [-0.1, -0.05) is 25.7 Å². The van der Waals surface area contributed by atoms with Crippen molar-refractivity contribution in [2.45, 2.75) is 163 Å². The number of aryl methyl sites for hydroxylation is 2. The second kappa shape index (κ2) is 34.6. The van der Waals surface area contributed by atoms with Crippen molar-refractivity contribution >= 4 is 58.9 Å². The molecule has 4 aliphatic heterocycles. The number of hydrogen-bond acceptors (Lipinski definition) is 20. The Morgan fingerprint density at radius 1 is 0.406 bits per heavy atom. The molecule has 16 atom stereocenters. The van der Waals surface area contributed by atoms with Crippen molar-refractivity contribution in [3.63, 3.8) is 0 Å². The molecule has 32 heteroatoms. The van der Waals surface area contributed by atoms with Gasteiger partial charge < -0.3 is 64.4 Å². The van der Waals surface area contributed by atoms with Gasteiger partial charge in [0.05, 0.1) is 46.7 Å². The van der Waals surface area contributed by atoms with E-state index in [1.807, 2.05) is 6.92 Å². The molecule has 12 N–H and O–H groups in total. The van der Waals surface area contributed by atoms with Gasteiger partial charge in [-0.15, -0.1) is 65.9 Å². The molecule has 8 heterocycles. The van der Waals surface area contributed by atoms with E-state index in [-0.39, 0.29) is 28.8 Å². The zero-order chi connectivity index (χ0) is 72.3. The number of nitrogens with one attached hydrogen (secondary N) is 4. The van der Waals surface area contributed by atoms with Gasteiger partial charge in [0.1, 0.15) is 73.2 Å². The highest BCUT2D eigenvalue weighted by Gasteiger charge is 2.48. The number of rotatable bonds is 24. The maximum Gasteiger partial charge on any atom is 0.332 e. The van der Waals surface area contributed by atoms with Crippen LogP contribution in [0.3, 0.4) is 0 Å². The van der Waals surface area contributed by atoms with Gasteiger partial charge in [0.25, 0.3) is 22.2 Å². The average molecular weight is 1430 g/mol. The van der Waals surface area contributed by atoms with Crippen LogP contribution in [0.2, 0.25) is 0 Å². The topological polar surface area (TPSA) is 418 Å². The maximum atomic E-state index is 12.2. The second-order valence-corrected chi connectivity index (χ2v) is 44.7. The van der Waals surface area contributed by atoms with Crippen molar-refractivity contribution in [2.24, 2.45) is 0 Å². The third kappa shape index (κ3) is 22.3.